The van der Waals surface area contributed by atoms with Crippen molar-refractivity contribution in [3.8, 4) is 5.75 Å². The highest BCUT2D eigenvalue weighted by molar-refractivity contribution is 6.32. The fraction of sp³-hybridized carbons (Fsp3) is 0.533. The Bertz CT molecular complexity index is 475. The van der Waals surface area contributed by atoms with Crippen LogP contribution >= 0.6 is 11.6 Å². The third-order valence-corrected chi connectivity index (χ3v) is 3.90. The van der Waals surface area contributed by atoms with E-state index in [2.05, 4.69) is 6.92 Å². The molecule has 0 bridgehead atoms. The molecule has 0 radical (unpaired) electrons. The lowest BCUT2D eigenvalue weighted by Crippen LogP contribution is -2.26. The van der Waals surface area contributed by atoms with Crippen molar-refractivity contribution in [2.45, 2.75) is 39.7 Å². The highest BCUT2D eigenvalue weighted by Crippen LogP contribution is 2.33. The maximum Gasteiger partial charge on any atom is 0.229 e. The second-order valence-electron chi connectivity index (χ2n) is 5.13. The molecule has 104 valence electrons. The molecule has 4 heteroatoms. The molecule has 0 aromatic heterocycles. The first-order valence-electron chi connectivity index (χ1n) is 6.80. The summed E-state index contributed by atoms with van der Waals surface area (Å²) in [5.74, 6) is 0.959. The fourth-order valence-corrected chi connectivity index (χ4v) is 2.35. The quantitative estimate of drug-likeness (QED) is 0.838. The molecule has 1 aromatic rings. The number of halogens is 1. The molecule has 1 aromatic carbocycles. The molecule has 1 aliphatic rings. The number of carbonyl (C=O) groups excluding carboxylic acids is 1. The highest BCUT2D eigenvalue weighted by Gasteiger charge is 2.29. The van der Waals surface area contributed by atoms with Gasteiger partial charge in [0.25, 0.3) is 0 Å². The van der Waals surface area contributed by atoms with Crippen molar-refractivity contribution in [3.05, 3.63) is 23.2 Å². The largest absolute Gasteiger partial charge is 0.489 e. The molecule has 0 aliphatic carbocycles. The number of amides is 1. The number of anilines is 1. The Labute approximate surface area is 119 Å². The van der Waals surface area contributed by atoms with E-state index in [1.54, 1.807) is 4.90 Å². The molecule has 1 fully saturated rings. The van der Waals surface area contributed by atoms with Crippen molar-refractivity contribution in [1.29, 1.82) is 0 Å². The molecule has 3 nitrogen and oxygen atoms in total. The number of rotatable bonds is 4. The van der Waals surface area contributed by atoms with Gasteiger partial charge in [-0.2, -0.15) is 0 Å². The van der Waals surface area contributed by atoms with Gasteiger partial charge >= 0.3 is 0 Å². The third kappa shape index (κ3) is 3.03. The minimum absolute atomic E-state index is 0.106. The monoisotopic (exact) mass is 281 g/mol. The lowest BCUT2D eigenvalue weighted by Gasteiger charge is -2.19. The first kappa shape index (κ1) is 14.2. The molecule has 2 rings (SSSR count). The summed E-state index contributed by atoms with van der Waals surface area (Å²) in [6.07, 6.45) is 1.97. The molecule has 1 heterocycles. The van der Waals surface area contributed by atoms with Crippen LogP contribution in [0.5, 0.6) is 5.75 Å². The van der Waals surface area contributed by atoms with Gasteiger partial charge < -0.3 is 9.64 Å². The number of carbonyl (C=O) groups is 1. The first-order valence-corrected chi connectivity index (χ1v) is 7.18. The van der Waals surface area contributed by atoms with Crippen LogP contribution in [-0.2, 0) is 4.79 Å². The van der Waals surface area contributed by atoms with E-state index in [4.69, 9.17) is 16.3 Å². The minimum atomic E-state index is 0.106. The number of nitrogens with zero attached hydrogens (tertiary/aromatic N) is 1. The molecule has 0 saturated carbocycles. The lowest BCUT2D eigenvalue weighted by atomic mass is 10.1. The van der Waals surface area contributed by atoms with Crippen LogP contribution in [0, 0.1) is 5.92 Å². The van der Waals surface area contributed by atoms with Gasteiger partial charge in [-0.3, -0.25) is 4.79 Å². The average Bonchev–Trinajstić information content (AvgIpc) is 2.72. The van der Waals surface area contributed by atoms with Crippen molar-refractivity contribution in [2.75, 3.05) is 11.4 Å². The fourth-order valence-electron chi connectivity index (χ4n) is 2.13. The summed E-state index contributed by atoms with van der Waals surface area (Å²) in [7, 11) is 0. The van der Waals surface area contributed by atoms with E-state index in [1.807, 2.05) is 32.0 Å². The van der Waals surface area contributed by atoms with Gasteiger partial charge in [0.1, 0.15) is 5.75 Å². The number of benzene rings is 1. The molecule has 2 atom stereocenters. The van der Waals surface area contributed by atoms with E-state index in [-0.39, 0.29) is 17.9 Å². The lowest BCUT2D eigenvalue weighted by molar-refractivity contribution is -0.119. The van der Waals surface area contributed by atoms with Crippen LogP contribution in [0.4, 0.5) is 5.69 Å². The van der Waals surface area contributed by atoms with E-state index in [0.717, 1.165) is 25.1 Å². The van der Waals surface area contributed by atoms with Crippen LogP contribution < -0.4 is 9.64 Å². The Morgan fingerprint density at radius 2 is 2.26 bits per heavy atom. The van der Waals surface area contributed by atoms with Crippen LogP contribution in [0.25, 0.3) is 0 Å². The van der Waals surface area contributed by atoms with Crippen molar-refractivity contribution >= 4 is 23.2 Å². The summed E-state index contributed by atoms with van der Waals surface area (Å²) in [6, 6.07) is 5.56. The van der Waals surface area contributed by atoms with Crippen LogP contribution in [0.15, 0.2) is 18.2 Å². The predicted octanol–water partition coefficient (Wildman–Crippen LogP) is 3.89. The first-order chi connectivity index (χ1) is 9.02. The van der Waals surface area contributed by atoms with E-state index >= 15 is 0 Å². The van der Waals surface area contributed by atoms with Crippen molar-refractivity contribution in [2.24, 2.45) is 5.92 Å². The molecule has 1 aliphatic heterocycles. The molecular formula is C15H20ClNO2. The van der Waals surface area contributed by atoms with Crippen LogP contribution in [0.2, 0.25) is 5.02 Å². The summed E-state index contributed by atoms with van der Waals surface area (Å²) in [6.45, 7) is 6.80. The zero-order valence-electron chi connectivity index (χ0n) is 11.6. The molecular weight excluding hydrogens is 262 g/mol. The molecule has 2 unspecified atom stereocenters. The summed E-state index contributed by atoms with van der Waals surface area (Å²) in [5, 5.41) is 0.560. The van der Waals surface area contributed by atoms with Gasteiger partial charge in [0, 0.05) is 18.2 Å². The van der Waals surface area contributed by atoms with Crippen LogP contribution in [0.1, 0.15) is 33.6 Å². The Balaban J connectivity index is 2.17. The standard InChI is InChI=1S/C15H20ClNO2/c1-4-11(3)19-14-6-5-12(9-13(14)16)17-8-7-10(2)15(17)18/h5-6,9-11H,4,7-8H2,1-3H3. The van der Waals surface area contributed by atoms with Gasteiger partial charge in [-0.25, -0.2) is 0 Å². The summed E-state index contributed by atoms with van der Waals surface area (Å²) in [4.78, 5) is 13.8. The van der Waals surface area contributed by atoms with E-state index in [9.17, 15) is 4.79 Å². The molecule has 0 N–H and O–H groups in total. The van der Waals surface area contributed by atoms with Crippen molar-refractivity contribution in [1.82, 2.24) is 0 Å². The predicted molar refractivity (Wildman–Crippen MR) is 78.0 cm³/mol. The van der Waals surface area contributed by atoms with Gasteiger partial charge in [0.15, 0.2) is 0 Å². The summed E-state index contributed by atoms with van der Waals surface area (Å²) in [5.41, 5.74) is 0.857. The number of ether oxygens (including phenoxy) is 1. The second-order valence-corrected chi connectivity index (χ2v) is 5.54. The Morgan fingerprint density at radius 3 is 2.79 bits per heavy atom. The zero-order chi connectivity index (χ0) is 14.0. The summed E-state index contributed by atoms with van der Waals surface area (Å²) >= 11 is 6.23. The zero-order valence-corrected chi connectivity index (χ0v) is 12.4. The number of hydrogen-bond donors (Lipinski definition) is 0. The van der Waals surface area contributed by atoms with E-state index < -0.39 is 0 Å². The molecule has 0 spiro atoms. The van der Waals surface area contributed by atoms with Crippen LogP contribution in [-0.4, -0.2) is 18.6 Å². The van der Waals surface area contributed by atoms with Crippen molar-refractivity contribution < 1.29 is 9.53 Å². The van der Waals surface area contributed by atoms with Gasteiger partial charge in [-0.1, -0.05) is 25.4 Å². The summed E-state index contributed by atoms with van der Waals surface area (Å²) < 4.78 is 5.72. The number of hydrogen-bond acceptors (Lipinski definition) is 2. The molecule has 19 heavy (non-hydrogen) atoms. The SMILES string of the molecule is CCC(C)Oc1ccc(N2CCC(C)C2=O)cc1Cl. The molecule has 1 saturated heterocycles. The third-order valence-electron chi connectivity index (χ3n) is 3.60. The van der Waals surface area contributed by atoms with E-state index in [1.165, 1.54) is 0 Å². The maximum atomic E-state index is 12.0. The topological polar surface area (TPSA) is 29.5 Å². The van der Waals surface area contributed by atoms with Crippen LogP contribution in [0.3, 0.4) is 0 Å². The smallest absolute Gasteiger partial charge is 0.229 e. The average molecular weight is 282 g/mol. The Hall–Kier alpha value is -1.22. The Morgan fingerprint density at radius 1 is 1.53 bits per heavy atom. The minimum Gasteiger partial charge on any atom is -0.489 e. The Kier molecular flexibility index (Phi) is 4.35. The molecule has 1 amide bonds. The van der Waals surface area contributed by atoms with Crippen molar-refractivity contribution in [3.63, 3.8) is 0 Å². The highest BCUT2D eigenvalue weighted by atomic mass is 35.5. The van der Waals surface area contributed by atoms with Gasteiger partial charge in [0.05, 0.1) is 11.1 Å². The van der Waals surface area contributed by atoms with Gasteiger partial charge in [0.2, 0.25) is 5.91 Å². The normalized spacial score (nSPS) is 20.7. The second kappa shape index (κ2) is 5.83. The maximum absolute atomic E-state index is 12.0. The van der Waals surface area contributed by atoms with Gasteiger partial charge in [-0.05, 0) is 38.0 Å². The van der Waals surface area contributed by atoms with E-state index in [0.29, 0.717) is 10.8 Å². The van der Waals surface area contributed by atoms with Gasteiger partial charge in [-0.15, -0.1) is 0 Å².